The third-order valence-corrected chi connectivity index (χ3v) is 2.53. The van der Waals surface area contributed by atoms with E-state index in [1.165, 1.54) is 0 Å². The summed E-state index contributed by atoms with van der Waals surface area (Å²) in [7, 11) is 1.63. The number of nitrogen functional groups attached to an aromatic ring is 1. The van der Waals surface area contributed by atoms with Crippen molar-refractivity contribution in [3.63, 3.8) is 0 Å². The van der Waals surface area contributed by atoms with E-state index < -0.39 is 0 Å². The number of carbonyl (C=O) groups is 1. The van der Waals surface area contributed by atoms with Gasteiger partial charge in [0.25, 0.3) is 0 Å². The van der Waals surface area contributed by atoms with Crippen LogP contribution < -0.4 is 11.1 Å². The van der Waals surface area contributed by atoms with Crippen molar-refractivity contribution in [3.8, 4) is 0 Å². The largest absolute Gasteiger partial charge is 0.462 e. The Kier molecular flexibility index (Phi) is 7.46. The first kappa shape index (κ1) is 16.3. The van der Waals surface area contributed by atoms with Gasteiger partial charge in [0.1, 0.15) is 0 Å². The smallest absolute Gasteiger partial charge is 0.340 e. The molecule has 0 unspecified atom stereocenters. The van der Waals surface area contributed by atoms with E-state index in [0.29, 0.717) is 49.9 Å². The molecule has 6 heteroatoms. The van der Waals surface area contributed by atoms with E-state index in [9.17, 15) is 4.79 Å². The molecule has 0 aliphatic heterocycles. The van der Waals surface area contributed by atoms with Crippen molar-refractivity contribution in [2.75, 3.05) is 51.1 Å². The van der Waals surface area contributed by atoms with Crippen molar-refractivity contribution < 1.29 is 19.0 Å². The summed E-state index contributed by atoms with van der Waals surface area (Å²) >= 11 is 0. The lowest BCUT2D eigenvalue weighted by Crippen LogP contribution is -2.15. The van der Waals surface area contributed by atoms with Crippen LogP contribution >= 0.6 is 0 Å². The number of nitrogens with one attached hydrogen (secondary N) is 1. The summed E-state index contributed by atoms with van der Waals surface area (Å²) in [4.78, 5) is 11.8. The molecule has 0 aliphatic carbocycles. The Hall–Kier alpha value is -1.79. The van der Waals surface area contributed by atoms with Crippen LogP contribution in [0.5, 0.6) is 0 Å². The van der Waals surface area contributed by atoms with Gasteiger partial charge >= 0.3 is 5.97 Å². The van der Waals surface area contributed by atoms with Crippen LogP contribution in [0.25, 0.3) is 0 Å². The molecule has 20 heavy (non-hydrogen) atoms. The van der Waals surface area contributed by atoms with Crippen LogP contribution in [0.2, 0.25) is 0 Å². The molecule has 6 nitrogen and oxygen atoms in total. The number of benzene rings is 1. The van der Waals surface area contributed by atoms with E-state index in [4.69, 9.17) is 19.9 Å². The van der Waals surface area contributed by atoms with Gasteiger partial charge in [-0.05, 0) is 25.1 Å². The summed E-state index contributed by atoms with van der Waals surface area (Å²) < 4.78 is 15.2. The molecule has 3 N–H and O–H groups in total. The molecule has 0 saturated carbocycles. The van der Waals surface area contributed by atoms with E-state index in [2.05, 4.69) is 5.32 Å². The highest BCUT2D eigenvalue weighted by Crippen LogP contribution is 2.19. The van der Waals surface area contributed by atoms with Crippen molar-refractivity contribution in [1.29, 1.82) is 0 Å². The molecule has 0 heterocycles. The lowest BCUT2D eigenvalue weighted by molar-refractivity contribution is 0.0527. The number of carbonyl (C=O) groups excluding carboxylic acids is 1. The number of ether oxygens (including phenoxy) is 3. The maximum Gasteiger partial charge on any atom is 0.340 e. The molecule has 0 amide bonds. The number of anilines is 2. The van der Waals surface area contributed by atoms with Crippen molar-refractivity contribution in [2.24, 2.45) is 0 Å². The van der Waals surface area contributed by atoms with Crippen molar-refractivity contribution >= 4 is 17.3 Å². The lowest BCUT2D eigenvalue weighted by atomic mass is 10.1. The fourth-order valence-corrected chi connectivity index (χ4v) is 1.60. The van der Waals surface area contributed by atoms with E-state index in [0.717, 1.165) is 0 Å². The molecule has 112 valence electrons. The van der Waals surface area contributed by atoms with Gasteiger partial charge in [0, 0.05) is 25.0 Å². The zero-order chi connectivity index (χ0) is 14.8. The van der Waals surface area contributed by atoms with Crippen LogP contribution in [0.4, 0.5) is 11.4 Å². The number of hydrogen-bond donors (Lipinski definition) is 2. The van der Waals surface area contributed by atoms with Gasteiger partial charge in [0.2, 0.25) is 0 Å². The fourth-order valence-electron chi connectivity index (χ4n) is 1.60. The fraction of sp³-hybridized carbons (Fsp3) is 0.500. The van der Waals surface area contributed by atoms with Gasteiger partial charge in [0.05, 0.1) is 32.0 Å². The van der Waals surface area contributed by atoms with Gasteiger partial charge in [0.15, 0.2) is 0 Å². The molecule has 1 rings (SSSR count). The molecule has 0 atom stereocenters. The van der Waals surface area contributed by atoms with Gasteiger partial charge in [-0.3, -0.25) is 0 Å². The molecule has 1 aromatic rings. The van der Waals surface area contributed by atoms with Gasteiger partial charge in [-0.1, -0.05) is 0 Å². The minimum Gasteiger partial charge on any atom is -0.462 e. The second kappa shape index (κ2) is 9.17. The molecule has 0 aromatic heterocycles. The Balaban J connectivity index is 2.53. The minimum atomic E-state index is -0.386. The number of hydrogen-bond acceptors (Lipinski definition) is 6. The Labute approximate surface area is 119 Å². The molecule has 0 radical (unpaired) electrons. The second-order valence-corrected chi connectivity index (χ2v) is 4.06. The SMILES string of the molecule is CCOC(=O)c1cc(N)ccc1NCCOCCOC. The predicted molar refractivity (Wildman–Crippen MR) is 78.0 cm³/mol. The minimum absolute atomic E-state index is 0.327. The Morgan fingerprint density at radius 2 is 2.10 bits per heavy atom. The Morgan fingerprint density at radius 1 is 1.30 bits per heavy atom. The third kappa shape index (κ3) is 5.46. The molecule has 0 aliphatic rings. The van der Waals surface area contributed by atoms with Crippen molar-refractivity contribution in [3.05, 3.63) is 23.8 Å². The highest BCUT2D eigenvalue weighted by molar-refractivity contribution is 5.96. The highest BCUT2D eigenvalue weighted by Gasteiger charge is 2.12. The van der Waals surface area contributed by atoms with Crippen LogP contribution in [0.3, 0.4) is 0 Å². The van der Waals surface area contributed by atoms with E-state index in [1.807, 2.05) is 0 Å². The normalized spacial score (nSPS) is 10.3. The highest BCUT2D eigenvalue weighted by atomic mass is 16.5. The first-order chi connectivity index (χ1) is 9.69. The molecule has 0 spiro atoms. The van der Waals surface area contributed by atoms with Crippen molar-refractivity contribution in [1.82, 2.24) is 0 Å². The molecule has 0 bridgehead atoms. The molecule has 0 fully saturated rings. The first-order valence-corrected chi connectivity index (χ1v) is 6.56. The van der Waals surface area contributed by atoms with Gasteiger partial charge in [-0.2, -0.15) is 0 Å². The number of esters is 1. The molecule has 1 aromatic carbocycles. The summed E-state index contributed by atoms with van der Waals surface area (Å²) in [6.45, 7) is 4.31. The standard InChI is InChI=1S/C14H22N2O4/c1-3-20-14(17)12-10-11(15)4-5-13(12)16-6-7-19-9-8-18-2/h4-5,10,16H,3,6-9,15H2,1-2H3. The van der Waals surface area contributed by atoms with Crippen LogP contribution in [0.15, 0.2) is 18.2 Å². The summed E-state index contributed by atoms with van der Waals surface area (Å²) in [6.07, 6.45) is 0. The van der Waals surface area contributed by atoms with Crippen LogP contribution in [-0.4, -0.2) is 46.1 Å². The maximum absolute atomic E-state index is 11.8. The summed E-state index contributed by atoms with van der Waals surface area (Å²) in [6, 6.07) is 5.10. The van der Waals surface area contributed by atoms with Crippen LogP contribution in [0, 0.1) is 0 Å². The second-order valence-electron chi connectivity index (χ2n) is 4.06. The average Bonchev–Trinajstić information content (AvgIpc) is 2.44. The monoisotopic (exact) mass is 282 g/mol. The van der Waals surface area contributed by atoms with Gasteiger partial charge in [-0.25, -0.2) is 4.79 Å². The molecule has 0 saturated heterocycles. The number of nitrogens with two attached hydrogens (primary N) is 1. The van der Waals surface area contributed by atoms with E-state index in [1.54, 1.807) is 32.2 Å². The molecular weight excluding hydrogens is 260 g/mol. The van der Waals surface area contributed by atoms with E-state index >= 15 is 0 Å². The quantitative estimate of drug-likeness (QED) is 0.406. The van der Waals surface area contributed by atoms with Crippen molar-refractivity contribution in [2.45, 2.75) is 6.92 Å². The first-order valence-electron chi connectivity index (χ1n) is 6.56. The third-order valence-electron chi connectivity index (χ3n) is 2.53. The van der Waals surface area contributed by atoms with Crippen LogP contribution in [-0.2, 0) is 14.2 Å². The summed E-state index contributed by atoms with van der Waals surface area (Å²) in [5, 5.41) is 3.13. The van der Waals surface area contributed by atoms with Crippen LogP contribution in [0.1, 0.15) is 17.3 Å². The average molecular weight is 282 g/mol. The van der Waals surface area contributed by atoms with Gasteiger partial charge < -0.3 is 25.3 Å². The number of methoxy groups -OCH3 is 1. The van der Waals surface area contributed by atoms with E-state index in [-0.39, 0.29) is 5.97 Å². The predicted octanol–water partition coefficient (Wildman–Crippen LogP) is 1.52. The Bertz CT molecular complexity index is 424. The summed E-state index contributed by atoms with van der Waals surface area (Å²) in [5.41, 5.74) is 7.34. The zero-order valence-electron chi connectivity index (χ0n) is 12.0. The Morgan fingerprint density at radius 3 is 2.80 bits per heavy atom. The maximum atomic E-state index is 11.8. The lowest BCUT2D eigenvalue weighted by Gasteiger charge is -2.12. The topological polar surface area (TPSA) is 82.8 Å². The zero-order valence-corrected chi connectivity index (χ0v) is 12.0. The van der Waals surface area contributed by atoms with Gasteiger partial charge in [-0.15, -0.1) is 0 Å². The molecular formula is C14H22N2O4. The number of rotatable bonds is 9. The summed E-state index contributed by atoms with van der Waals surface area (Å²) in [5.74, 6) is -0.386.